The van der Waals surface area contributed by atoms with Crippen molar-refractivity contribution in [2.24, 2.45) is 0 Å². The minimum atomic E-state index is -0.516. The first kappa shape index (κ1) is 17.4. The molecule has 0 atom stereocenters. The van der Waals surface area contributed by atoms with Gasteiger partial charge in [0.25, 0.3) is 5.91 Å². The molecule has 0 aliphatic heterocycles. The van der Waals surface area contributed by atoms with E-state index in [9.17, 15) is 14.4 Å². The Morgan fingerprint density at radius 2 is 1.77 bits per heavy atom. The van der Waals surface area contributed by atoms with Crippen LogP contribution < -0.4 is 16.0 Å². The Balaban J connectivity index is 2.75. The molecule has 6 heteroatoms. The molecule has 1 rings (SSSR count). The van der Waals surface area contributed by atoms with Gasteiger partial charge in [-0.1, -0.05) is 30.3 Å². The second-order valence-corrected chi connectivity index (χ2v) is 5.05. The van der Waals surface area contributed by atoms with Crippen LogP contribution in [0.3, 0.4) is 0 Å². The lowest BCUT2D eigenvalue weighted by molar-refractivity contribution is -0.125. The first-order valence-corrected chi connectivity index (χ1v) is 7.00. The highest BCUT2D eigenvalue weighted by molar-refractivity contribution is 6.02. The van der Waals surface area contributed by atoms with Crippen LogP contribution in [0.15, 0.2) is 36.0 Å². The van der Waals surface area contributed by atoms with Crippen LogP contribution in [0.2, 0.25) is 0 Å². The maximum atomic E-state index is 12.1. The molecule has 0 bridgehead atoms. The first-order chi connectivity index (χ1) is 10.4. The smallest absolute Gasteiger partial charge is 0.268 e. The summed E-state index contributed by atoms with van der Waals surface area (Å²) in [6, 6.07) is 9.11. The average Bonchev–Trinajstić information content (AvgIpc) is 2.44. The molecule has 1 aromatic rings. The second kappa shape index (κ2) is 8.61. The average molecular weight is 303 g/mol. The number of carbonyl (C=O) groups excluding carboxylic acids is 3. The van der Waals surface area contributed by atoms with E-state index in [1.165, 1.54) is 6.92 Å². The van der Waals surface area contributed by atoms with Gasteiger partial charge in [0, 0.05) is 13.0 Å². The van der Waals surface area contributed by atoms with Crippen molar-refractivity contribution in [3.8, 4) is 0 Å². The zero-order valence-corrected chi connectivity index (χ0v) is 13.0. The summed E-state index contributed by atoms with van der Waals surface area (Å²) in [5, 5.41) is 7.62. The third-order valence-corrected chi connectivity index (χ3v) is 2.53. The number of amides is 3. The van der Waals surface area contributed by atoms with E-state index in [-0.39, 0.29) is 30.1 Å². The topological polar surface area (TPSA) is 87.3 Å². The highest BCUT2D eigenvalue weighted by Crippen LogP contribution is 2.05. The van der Waals surface area contributed by atoms with Gasteiger partial charge in [0.05, 0.1) is 6.54 Å². The van der Waals surface area contributed by atoms with E-state index in [2.05, 4.69) is 16.0 Å². The van der Waals surface area contributed by atoms with Crippen molar-refractivity contribution >= 4 is 23.8 Å². The Morgan fingerprint density at radius 1 is 1.14 bits per heavy atom. The van der Waals surface area contributed by atoms with Crippen LogP contribution >= 0.6 is 0 Å². The molecule has 1 aromatic carbocycles. The zero-order valence-electron chi connectivity index (χ0n) is 13.0. The summed E-state index contributed by atoms with van der Waals surface area (Å²) in [6.45, 7) is 4.83. The van der Waals surface area contributed by atoms with Gasteiger partial charge in [-0.3, -0.25) is 14.4 Å². The summed E-state index contributed by atoms with van der Waals surface area (Å²) in [6.07, 6.45) is 1.55. The van der Waals surface area contributed by atoms with Crippen molar-refractivity contribution in [1.29, 1.82) is 0 Å². The fraction of sp³-hybridized carbons (Fsp3) is 0.312. The third kappa shape index (κ3) is 6.69. The molecule has 0 spiro atoms. The summed E-state index contributed by atoms with van der Waals surface area (Å²) in [5.41, 5.74) is 0.865. The lowest BCUT2D eigenvalue weighted by atomic mass is 10.2. The lowest BCUT2D eigenvalue weighted by Gasteiger charge is -2.11. The van der Waals surface area contributed by atoms with Crippen LogP contribution in [0.1, 0.15) is 26.3 Å². The number of rotatable bonds is 6. The molecular formula is C16H21N3O3. The van der Waals surface area contributed by atoms with Crippen LogP contribution in [0.4, 0.5) is 0 Å². The number of hydrogen-bond donors (Lipinski definition) is 3. The van der Waals surface area contributed by atoms with Gasteiger partial charge in [-0.2, -0.15) is 0 Å². The molecule has 118 valence electrons. The predicted molar refractivity (Wildman–Crippen MR) is 84.5 cm³/mol. The Morgan fingerprint density at radius 3 is 2.32 bits per heavy atom. The fourth-order valence-corrected chi connectivity index (χ4v) is 1.69. The largest absolute Gasteiger partial charge is 0.352 e. The molecule has 0 radical (unpaired) electrons. The van der Waals surface area contributed by atoms with Crippen molar-refractivity contribution in [3.05, 3.63) is 41.6 Å². The van der Waals surface area contributed by atoms with Gasteiger partial charge in [-0.05, 0) is 25.5 Å². The Kier molecular flexibility index (Phi) is 6.82. The monoisotopic (exact) mass is 303 g/mol. The number of hydrogen-bond acceptors (Lipinski definition) is 3. The molecule has 0 aromatic heterocycles. The van der Waals surface area contributed by atoms with Crippen molar-refractivity contribution in [2.45, 2.75) is 26.8 Å². The van der Waals surface area contributed by atoms with E-state index >= 15 is 0 Å². The minimum Gasteiger partial charge on any atom is -0.352 e. The van der Waals surface area contributed by atoms with E-state index in [4.69, 9.17) is 0 Å². The molecule has 0 unspecified atom stereocenters. The van der Waals surface area contributed by atoms with Gasteiger partial charge in [-0.15, -0.1) is 0 Å². The van der Waals surface area contributed by atoms with Crippen LogP contribution in [0.25, 0.3) is 6.08 Å². The zero-order chi connectivity index (χ0) is 16.5. The van der Waals surface area contributed by atoms with Gasteiger partial charge in [0.2, 0.25) is 11.8 Å². The third-order valence-electron chi connectivity index (χ3n) is 2.53. The van der Waals surface area contributed by atoms with Crippen LogP contribution in [0.5, 0.6) is 0 Å². The summed E-state index contributed by atoms with van der Waals surface area (Å²) in [7, 11) is 0. The molecule has 0 aliphatic rings. The maximum absolute atomic E-state index is 12.1. The molecule has 22 heavy (non-hydrogen) atoms. The van der Waals surface area contributed by atoms with E-state index in [1.54, 1.807) is 18.2 Å². The molecule has 0 aliphatic carbocycles. The molecule has 0 fully saturated rings. The summed E-state index contributed by atoms with van der Waals surface area (Å²) in [5.74, 6) is -1.16. The van der Waals surface area contributed by atoms with E-state index in [0.29, 0.717) is 0 Å². The van der Waals surface area contributed by atoms with Gasteiger partial charge in [-0.25, -0.2) is 0 Å². The standard InChI is InChI=1S/C16H21N3O3/c1-11(2)18-15(21)10-17-16(22)14(19-12(3)20)9-13-7-5-4-6-8-13/h4-9,11H,10H2,1-3H3,(H,17,22)(H,18,21)(H,19,20)/b14-9-. The molecule has 3 N–H and O–H groups in total. The quantitative estimate of drug-likeness (QED) is 0.679. The van der Waals surface area contributed by atoms with Crippen molar-refractivity contribution in [1.82, 2.24) is 16.0 Å². The fourth-order valence-electron chi connectivity index (χ4n) is 1.69. The highest BCUT2D eigenvalue weighted by atomic mass is 16.2. The van der Waals surface area contributed by atoms with Crippen molar-refractivity contribution < 1.29 is 14.4 Å². The lowest BCUT2D eigenvalue weighted by Crippen LogP contribution is -2.42. The maximum Gasteiger partial charge on any atom is 0.268 e. The normalized spacial score (nSPS) is 11.0. The van der Waals surface area contributed by atoms with Crippen LogP contribution in [-0.2, 0) is 14.4 Å². The van der Waals surface area contributed by atoms with Gasteiger partial charge in [0.15, 0.2) is 0 Å². The number of nitrogens with one attached hydrogen (secondary N) is 3. The van der Waals surface area contributed by atoms with Crippen molar-refractivity contribution in [2.75, 3.05) is 6.54 Å². The molecule has 0 heterocycles. The van der Waals surface area contributed by atoms with Crippen LogP contribution in [-0.4, -0.2) is 30.3 Å². The molecular weight excluding hydrogens is 282 g/mol. The Bertz CT molecular complexity index is 565. The van der Waals surface area contributed by atoms with Crippen molar-refractivity contribution in [3.63, 3.8) is 0 Å². The number of carbonyl (C=O) groups is 3. The minimum absolute atomic E-state index is 0.000854. The molecule has 0 saturated heterocycles. The summed E-state index contributed by atoms with van der Waals surface area (Å²) < 4.78 is 0. The molecule has 6 nitrogen and oxygen atoms in total. The van der Waals surface area contributed by atoms with E-state index < -0.39 is 5.91 Å². The summed E-state index contributed by atoms with van der Waals surface area (Å²) >= 11 is 0. The Labute approximate surface area is 130 Å². The second-order valence-electron chi connectivity index (χ2n) is 5.05. The Hall–Kier alpha value is -2.63. The van der Waals surface area contributed by atoms with E-state index in [0.717, 1.165) is 5.56 Å². The summed E-state index contributed by atoms with van der Waals surface area (Å²) in [4.78, 5) is 34.8. The number of benzene rings is 1. The van der Waals surface area contributed by atoms with Gasteiger partial charge < -0.3 is 16.0 Å². The molecule has 3 amide bonds. The van der Waals surface area contributed by atoms with Crippen LogP contribution in [0, 0.1) is 0 Å². The molecule has 0 saturated carbocycles. The van der Waals surface area contributed by atoms with Gasteiger partial charge >= 0.3 is 0 Å². The van der Waals surface area contributed by atoms with E-state index in [1.807, 2.05) is 32.0 Å². The predicted octanol–water partition coefficient (Wildman–Crippen LogP) is 0.804. The first-order valence-electron chi connectivity index (χ1n) is 7.00. The SMILES string of the molecule is CC(=O)N/C(=C\c1ccccc1)C(=O)NCC(=O)NC(C)C. The highest BCUT2D eigenvalue weighted by Gasteiger charge is 2.12. The van der Waals surface area contributed by atoms with Gasteiger partial charge in [0.1, 0.15) is 5.70 Å².